The molecule has 2 aromatic carbocycles. The predicted molar refractivity (Wildman–Crippen MR) is 65.1 cm³/mol. The molecule has 19 heavy (non-hydrogen) atoms. The molecule has 2 aromatic rings. The first-order chi connectivity index (χ1) is 8.97. The van der Waals surface area contributed by atoms with Crippen LogP contribution in [0.15, 0.2) is 30.3 Å². The summed E-state index contributed by atoms with van der Waals surface area (Å²) in [6.45, 7) is -0.0166. The van der Waals surface area contributed by atoms with E-state index in [2.05, 4.69) is 5.32 Å². The van der Waals surface area contributed by atoms with Crippen molar-refractivity contribution >= 4 is 17.3 Å². The Morgan fingerprint density at radius 2 is 1.58 bits per heavy atom. The molecule has 0 bridgehead atoms. The Morgan fingerprint density at radius 1 is 0.947 bits per heavy atom. The van der Waals surface area contributed by atoms with Crippen LogP contribution in [0.3, 0.4) is 0 Å². The number of hydrogen-bond acceptors (Lipinski definition) is 1. The molecule has 100 valence electrons. The van der Waals surface area contributed by atoms with Crippen molar-refractivity contribution in [2.24, 2.45) is 0 Å². The lowest BCUT2D eigenvalue weighted by molar-refractivity contribution is 0.445. The van der Waals surface area contributed by atoms with Gasteiger partial charge in [0, 0.05) is 6.54 Å². The van der Waals surface area contributed by atoms with Gasteiger partial charge in [0.15, 0.2) is 17.5 Å². The summed E-state index contributed by atoms with van der Waals surface area (Å²) in [6.07, 6.45) is 0. The minimum Gasteiger partial charge on any atom is -0.380 e. The number of halogens is 5. The Labute approximate surface area is 111 Å². The third-order valence-corrected chi connectivity index (χ3v) is 2.78. The summed E-state index contributed by atoms with van der Waals surface area (Å²) < 4.78 is 51.7. The first kappa shape index (κ1) is 13.7. The van der Waals surface area contributed by atoms with Gasteiger partial charge in [-0.1, -0.05) is 11.6 Å². The number of rotatable bonds is 3. The highest BCUT2D eigenvalue weighted by Crippen LogP contribution is 2.23. The van der Waals surface area contributed by atoms with Gasteiger partial charge in [0.1, 0.15) is 5.82 Å². The third kappa shape index (κ3) is 3.17. The summed E-state index contributed by atoms with van der Waals surface area (Å²) >= 11 is 5.81. The first-order valence-corrected chi connectivity index (χ1v) is 5.67. The average Bonchev–Trinajstić information content (AvgIpc) is 2.37. The van der Waals surface area contributed by atoms with Crippen molar-refractivity contribution in [2.75, 3.05) is 5.32 Å². The Bertz CT molecular complexity index is 593. The number of anilines is 1. The molecule has 0 fully saturated rings. The van der Waals surface area contributed by atoms with Crippen LogP contribution in [0, 0.1) is 23.3 Å². The van der Waals surface area contributed by atoms with Crippen molar-refractivity contribution in [3.8, 4) is 0 Å². The van der Waals surface area contributed by atoms with E-state index in [1.54, 1.807) is 0 Å². The monoisotopic (exact) mass is 289 g/mol. The van der Waals surface area contributed by atoms with E-state index in [9.17, 15) is 17.6 Å². The van der Waals surface area contributed by atoms with E-state index in [1.807, 2.05) is 0 Å². The van der Waals surface area contributed by atoms with Gasteiger partial charge in [-0.25, -0.2) is 17.6 Å². The van der Waals surface area contributed by atoms with Crippen LogP contribution < -0.4 is 5.32 Å². The molecule has 0 unspecified atom stereocenters. The van der Waals surface area contributed by atoms with Gasteiger partial charge in [0.25, 0.3) is 0 Å². The molecule has 6 heteroatoms. The molecule has 1 N–H and O–H groups in total. The van der Waals surface area contributed by atoms with Gasteiger partial charge in [-0.3, -0.25) is 0 Å². The van der Waals surface area contributed by atoms with Crippen LogP contribution in [-0.2, 0) is 6.54 Å². The molecule has 0 saturated carbocycles. The Morgan fingerprint density at radius 3 is 2.21 bits per heavy atom. The summed E-state index contributed by atoms with van der Waals surface area (Å²) in [5.41, 5.74) is 0.462. The highest BCUT2D eigenvalue weighted by atomic mass is 35.5. The molecular weight excluding hydrogens is 282 g/mol. The second-order valence-corrected chi connectivity index (χ2v) is 4.26. The zero-order valence-corrected chi connectivity index (χ0v) is 10.2. The van der Waals surface area contributed by atoms with Crippen LogP contribution in [0.2, 0.25) is 5.02 Å². The minimum absolute atomic E-state index is 0.0166. The average molecular weight is 290 g/mol. The number of benzene rings is 2. The van der Waals surface area contributed by atoms with Crippen molar-refractivity contribution in [1.82, 2.24) is 0 Å². The fourth-order valence-electron chi connectivity index (χ4n) is 1.54. The van der Waals surface area contributed by atoms with Gasteiger partial charge in [0.2, 0.25) is 0 Å². The number of hydrogen-bond donors (Lipinski definition) is 1. The lowest BCUT2D eigenvalue weighted by atomic mass is 10.2. The van der Waals surface area contributed by atoms with E-state index in [4.69, 9.17) is 11.6 Å². The molecule has 0 amide bonds. The molecule has 0 saturated heterocycles. The van der Waals surface area contributed by atoms with E-state index in [0.29, 0.717) is 0 Å². The highest BCUT2D eigenvalue weighted by Gasteiger charge is 2.10. The second kappa shape index (κ2) is 5.48. The van der Waals surface area contributed by atoms with E-state index in [-0.39, 0.29) is 22.8 Å². The van der Waals surface area contributed by atoms with Gasteiger partial charge in [-0.2, -0.15) is 0 Å². The molecule has 2 rings (SSSR count). The maximum atomic E-state index is 13.0. The molecule has 0 aliphatic rings. The Balaban J connectivity index is 2.17. The van der Waals surface area contributed by atoms with Gasteiger partial charge < -0.3 is 5.32 Å². The normalized spacial score (nSPS) is 10.6. The van der Waals surface area contributed by atoms with E-state index in [0.717, 1.165) is 18.2 Å². The van der Waals surface area contributed by atoms with Crippen LogP contribution in [0.4, 0.5) is 23.2 Å². The maximum absolute atomic E-state index is 13.0. The standard InChI is InChI=1S/C13H8ClF4N/c14-9-2-1-8(15)5-12(9)19-6-7-3-10(16)13(18)11(17)4-7/h1-5,19H,6H2. The maximum Gasteiger partial charge on any atom is 0.194 e. The lowest BCUT2D eigenvalue weighted by Gasteiger charge is -2.09. The zero-order chi connectivity index (χ0) is 14.0. The smallest absolute Gasteiger partial charge is 0.194 e. The van der Waals surface area contributed by atoms with Gasteiger partial charge in [-0.05, 0) is 35.9 Å². The molecule has 0 heterocycles. The van der Waals surface area contributed by atoms with E-state index >= 15 is 0 Å². The molecule has 0 spiro atoms. The molecular formula is C13H8ClF4N. The highest BCUT2D eigenvalue weighted by molar-refractivity contribution is 6.33. The quantitative estimate of drug-likeness (QED) is 0.647. The summed E-state index contributed by atoms with van der Waals surface area (Å²) in [7, 11) is 0. The molecule has 0 aliphatic carbocycles. The molecule has 0 aliphatic heterocycles. The summed E-state index contributed by atoms with van der Waals surface area (Å²) in [6, 6.07) is 5.41. The van der Waals surface area contributed by atoms with Crippen molar-refractivity contribution in [3.05, 3.63) is 64.2 Å². The summed E-state index contributed by atoms with van der Waals surface area (Å²) in [5.74, 6) is -4.57. The molecule has 1 nitrogen and oxygen atoms in total. The van der Waals surface area contributed by atoms with E-state index in [1.165, 1.54) is 12.1 Å². The SMILES string of the molecule is Fc1ccc(Cl)c(NCc2cc(F)c(F)c(F)c2)c1. The van der Waals surface area contributed by atoms with Crippen molar-refractivity contribution in [1.29, 1.82) is 0 Å². The fraction of sp³-hybridized carbons (Fsp3) is 0.0769. The Hall–Kier alpha value is -1.75. The third-order valence-electron chi connectivity index (χ3n) is 2.45. The molecule has 0 atom stereocenters. The minimum atomic E-state index is -1.52. The van der Waals surface area contributed by atoms with Crippen LogP contribution in [0.5, 0.6) is 0 Å². The van der Waals surface area contributed by atoms with Crippen molar-refractivity contribution in [3.63, 3.8) is 0 Å². The lowest BCUT2D eigenvalue weighted by Crippen LogP contribution is -2.03. The van der Waals surface area contributed by atoms with Crippen LogP contribution in [0.25, 0.3) is 0 Å². The molecule has 0 radical (unpaired) electrons. The topological polar surface area (TPSA) is 12.0 Å². The summed E-state index contributed by atoms with van der Waals surface area (Å²) in [5, 5.41) is 2.98. The van der Waals surface area contributed by atoms with Crippen LogP contribution >= 0.6 is 11.6 Å². The molecule has 0 aromatic heterocycles. The van der Waals surface area contributed by atoms with Gasteiger partial charge in [-0.15, -0.1) is 0 Å². The van der Waals surface area contributed by atoms with E-state index < -0.39 is 23.3 Å². The van der Waals surface area contributed by atoms with Crippen molar-refractivity contribution < 1.29 is 17.6 Å². The predicted octanol–water partition coefficient (Wildman–Crippen LogP) is 4.51. The number of nitrogens with one attached hydrogen (secondary N) is 1. The van der Waals surface area contributed by atoms with Gasteiger partial charge in [0.05, 0.1) is 10.7 Å². The van der Waals surface area contributed by atoms with Crippen LogP contribution in [-0.4, -0.2) is 0 Å². The summed E-state index contributed by atoms with van der Waals surface area (Å²) in [4.78, 5) is 0. The second-order valence-electron chi connectivity index (χ2n) is 3.85. The zero-order valence-electron chi connectivity index (χ0n) is 9.48. The van der Waals surface area contributed by atoms with Crippen LogP contribution in [0.1, 0.15) is 5.56 Å². The Kier molecular flexibility index (Phi) is 3.95. The largest absolute Gasteiger partial charge is 0.380 e. The fourth-order valence-corrected chi connectivity index (χ4v) is 1.72. The van der Waals surface area contributed by atoms with Crippen molar-refractivity contribution in [2.45, 2.75) is 6.54 Å². The first-order valence-electron chi connectivity index (χ1n) is 5.29. The van der Waals surface area contributed by atoms with Gasteiger partial charge >= 0.3 is 0 Å².